The Kier molecular flexibility index (Phi) is 6.15. The monoisotopic (exact) mass is 448 g/mol. The zero-order chi connectivity index (χ0) is 22.6. The smallest absolute Gasteiger partial charge is 0.265 e. The van der Waals surface area contributed by atoms with Crippen LogP contribution in [0.5, 0.6) is 11.5 Å². The quantitative estimate of drug-likeness (QED) is 0.565. The van der Waals surface area contributed by atoms with Crippen molar-refractivity contribution in [2.75, 3.05) is 31.1 Å². The van der Waals surface area contributed by atoms with Crippen molar-refractivity contribution in [1.82, 2.24) is 15.0 Å². The molecule has 1 fully saturated rings. The molecule has 172 valence electrons. The molecule has 0 radical (unpaired) electrons. The molecule has 0 spiro atoms. The standard InChI is InChI=1S/C25H28N4O4/c1-2-31-20-12-6-4-10-18(20)24-26-23(33-27-24)17-29-16-22(25(30)28-14-8-3-9-15-28)32-21-13-7-5-11-19(21)29/h4-7,10-13,22H,2-3,8-9,14-17H2,1H3. The molecule has 2 aromatic carbocycles. The summed E-state index contributed by atoms with van der Waals surface area (Å²) < 4.78 is 17.4. The average molecular weight is 449 g/mol. The van der Waals surface area contributed by atoms with Gasteiger partial charge in [0.15, 0.2) is 6.10 Å². The van der Waals surface area contributed by atoms with Crippen molar-refractivity contribution in [2.24, 2.45) is 0 Å². The molecular weight excluding hydrogens is 420 g/mol. The van der Waals surface area contributed by atoms with Gasteiger partial charge < -0.3 is 23.8 Å². The summed E-state index contributed by atoms with van der Waals surface area (Å²) in [4.78, 5) is 21.8. The van der Waals surface area contributed by atoms with Crippen molar-refractivity contribution in [3.8, 4) is 22.9 Å². The molecule has 3 heterocycles. The Bertz CT molecular complexity index is 1110. The first-order valence-electron chi connectivity index (χ1n) is 11.6. The molecule has 0 N–H and O–H groups in total. The number of para-hydroxylation sites is 3. The van der Waals surface area contributed by atoms with Crippen molar-refractivity contribution in [2.45, 2.75) is 38.8 Å². The fraction of sp³-hybridized carbons (Fsp3) is 0.400. The normalized spacial score (nSPS) is 17.9. The van der Waals surface area contributed by atoms with Gasteiger partial charge in [-0.15, -0.1) is 0 Å². The van der Waals surface area contributed by atoms with E-state index in [1.54, 1.807) is 0 Å². The first-order valence-corrected chi connectivity index (χ1v) is 11.6. The fourth-order valence-electron chi connectivity index (χ4n) is 4.43. The highest BCUT2D eigenvalue weighted by atomic mass is 16.5. The van der Waals surface area contributed by atoms with E-state index in [0.29, 0.717) is 37.2 Å². The van der Waals surface area contributed by atoms with E-state index in [-0.39, 0.29) is 5.91 Å². The summed E-state index contributed by atoms with van der Waals surface area (Å²) in [6, 6.07) is 15.4. The van der Waals surface area contributed by atoms with Crippen LogP contribution < -0.4 is 14.4 Å². The molecule has 1 aromatic heterocycles. The maximum absolute atomic E-state index is 13.2. The Morgan fingerprint density at radius 1 is 1.09 bits per heavy atom. The van der Waals surface area contributed by atoms with Crippen LogP contribution in [0.25, 0.3) is 11.4 Å². The van der Waals surface area contributed by atoms with Crippen LogP contribution in [0.4, 0.5) is 5.69 Å². The number of likely N-dealkylation sites (tertiary alicyclic amines) is 1. The van der Waals surface area contributed by atoms with Gasteiger partial charge in [-0.3, -0.25) is 4.79 Å². The highest BCUT2D eigenvalue weighted by Gasteiger charge is 2.34. The first-order chi connectivity index (χ1) is 16.2. The van der Waals surface area contributed by atoms with Crippen molar-refractivity contribution >= 4 is 11.6 Å². The molecule has 2 aliphatic heterocycles. The minimum Gasteiger partial charge on any atom is -0.493 e. The number of rotatable bonds is 6. The summed E-state index contributed by atoms with van der Waals surface area (Å²) in [5.74, 6) is 2.41. The second kappa shape index (κ2) is 9.52. The van der Waals surface area contributed by atoms with E-state index < -0.39 is 6.10 Å². The summed E-state index contributed by atoms with van der Waals surface area (Å²) >= 11 is 0. The molecule has 1 amide bonds. The number of amides is 1. The van der Waals surface area contributed by atoms with E-state index in [9.17, 15) is 4.79 Å². The molecule has 1 saturated heterocycles. The summed E-state index contributed by atoms with van der Waals surface area (Å²) in [5, 5.41) is 4.18. The van der Waals surface area contributed by atoms with E-state index in [1.165, 1.54) is 6.42 Å². The third-order valence-corrected chi connectivity index (χ3v) is 6.03. The lowest BCUT2D eigenvalue weighted by Crippen LogP contribution is -2.51. The molecule has 1 unspecified atom stereocenters. The minimum atomic E-state index is -0.556. The number of fused-ring (bicyclic) bond motifs is 1. The van der Waals surface area contributed by atoms with Crippen molar-refractivity contribution in [3.05, 3.63) is 54.4 Å². The van der Waals surface area contributed by atoms with E-state index >= 15 is 0 Å². The molecular formula is C25H28N4O4. The zero-order valence-corrected chi connectivity index (χ0v) is 18.8. The summed E-state index contributed by atoms with van der Waals surface area (Å²) in [7, 11) is 0. The maximum Gasteiger partial charge on any atom is 0.265 e. The molecule has 8 heteroatoms. The third-order valence-electron chi connectivity index (χ3n) is 6.03. The van der Waals surface area contributed by atoms with Crippen LogP contribution in [-0.2, 0) is 11.3 Å². The van der Waals surface area contributed by atoms with Gasteiger partial charge in [0.1, 0.15) is 11.5 Å². The highest BCUT2D eigenvalue weighted by Crippen LogP contribution is 2.35. The number of carbonyl (C=O) groups excluding carboxylic acids is 1. The van der Waals surface area contributed by atoms with E-state index in [1.807, 2.05) is 60.4 Å². The van der Waals surface area contributed by atoms with Crippen LogP contribution in [0.2, 0.25) is 0 Å². The van der Waals surface area contributed by atoms with Crippen molar-refractivity contribution in [3.63, 3.8) is 0 Å². The molecule has 33 heavy (non-hydrogen) atoms. The number of nitrogens with zero attached hydrogens (tertiary/aromatic N) is 4. The predicted molar refractivity (Wildman–Crippen MR) is 123 cm³/mol. The highest BCUT2D eigenvalue weighted by molar-refractivity contribution is 5.83. The van der Waals surface area contributed by atoms with Gasteiger partial charge in [-0.2, -0.15) is 4.98 Å². The fourth-order valence-corrected chi connectivity index (χ4v) is 4.43. The van der Waals surface area contributed by atoms with Gasteiger partial charge in [0.2, 0.25) is 11.7 Å². The molecule has 1 atom stereocenters. The predicted octanol–water partition coefficient (Wildman–Crippen LogP) is 3.92. The van der Waals surface area contributed by atoms with Crippen LogP contribution in [0, 0.1) is 0 Å². The van der Waals surface area contributed by atoms with Crippen LogP contribution in [-0.4, -0.2) is 53.3 Å². The second-order valence-electron chi connectivity index (χ2n) is 8.28. The first kappa shape index (κ1) is 21.3. The van der Waals surface area contributed by atoms with E-state index in [2.05, 4.69) is 15.0 Å². The maximum atomic E-state index is 13.2. The number of benzene rings is 2. The lowest BCUT2D eigenvalue weighted by Gasteiger charge is -2.37. The van der Waals surface area contributed by atoms with Gasteiger partial charge in [-0.25, -0.2) is 0 Å². The molecule has 2 aliphatic rings. The topological polar surface area (TPSA) is 80.9 Å². The van der Waals surface area contributed by atoms with Crippen molar-refractivity contribution < 1.29 is 18.8 Å². The van der Waals surface area contributed by atoms with Crippen molar-refractivity contribution in [1.29, 1.82) is 0 Å². The molecule has 0 bridgehead atoms. The van der Waals surface area contributed by atoms with Gasteiger partial charge in [-0.1, -0.05) is 29.4 Å². The average Bonchev–Trinajstić information content (AvgIpc) is 3.33. The summed E-state index contributed by atoms with van der Waals surface area (Å²) in [6.07, 6.45) is 2.72. The number of anilines is 1. The summed E-state index contributed by atoms with van der Waals surface area (Å²) in [5.41, 5.74) is 1.70. The molecule has 0 aliphatic carbocycles. The second-order valence-corrected chi connectivity index (χ2v) is 8.28. The minimum absolute atomic E-state index is 0.0473. The number of ether oxygens (including phenoxy) is 2. The molecule has 0 saturated carbocycles. The molecule has 3 aromatic rings. The van der Waals surface area contributed by atoms with Crippen LogP contribution in [0.3, 0.4) is 0 Å². The Labute approximate surface area is 193 Å². The summed E-state index contributed by atoms with van der Waals surface area (Å²) in [6.45, 7) is 4.90. The van der Waals surface area contributed by atoms with Gasteiger partial charge in [-0.05, 0) is 50.5 Å². The largest absolute Gasteiger partial charge is 0.493 e. The van der Waals surface area contributed by atoms with Gasteiger partial charge in [0.05, 0.1) is 30.9 Å². The number of hydrogen-bond acceptors (Lipinski definition) is 7. The lowest BCUT2D eigenvalue weighted by atomic mass is 10.1. The molecule has 5 rings (SSSR count). The third kappa shape index (κ3) is 4.51. The zero-order valence-electron chi connectivity index (χ0n) is 18.8. The van der Waals surface area contributed by atoms with E-state index in [4.69, 9.17) is 14.0 Å². The Morgan fingerprint density at radius 3 is 2.73 bits per heavy atom. The number of carbonyl (C=O) groups is 1. The SMILES string of the molecule is CCOc1ccccc1-c1noc(CN2CC(C(=O)N3CCCCC3)Oc3ccccc32)n1. The van der Waals surface area contributed by atoms with E-state index in [0.717, 1.165) is 42.9 Å². The lowest BCUT2D eigenvalue weighted by molar-refractivity contribution is -0.139. The number of aromatic nitrogens is 2. The van der Waals surface area contributed by atoms with Gasteiger partial charge >= 0.3 is 0 Å². The van der Waals surface area contributed by atoms with Gasteiger partial charge in [0.25, 0.3) is 5.91 Å². The van der Waals surface area contributed by atoms with Crippen LogP contribution in [0.15, 0.2) is 53.1 Å². The van der Waals surface area contributed by atoms with Crippen LogP contribution >= 0.6 is 0 Å². The Hall–Kier alpha value is -3.55. The number of hydrogen-bond donors (Lipinski definition) is 0. The van der Waals surface area contributed by atoms with Crippen LogP contribution in [0.1, 0.15) is 32.1 Å². The van der Waals surface area contributed by atoms with Gasteiger partial charge in [0, 0.05) is 13.1 Å². The molecule has 8 nitrogen and oxygen atoms in total. The Balaban J connectivity index is 1.37. The Morgan fingerprint density at radius 2 is 1.88 bits per heavy atom. The number of piperidine rings is 1.